The van der Waals surface area contributed by atoms with Crippen LogP contribution >= 0.6 is 0 Å². The summed E-state index contributed by atoms with van der Waals surface area (Å²) in [6.45, 7) is 10.6. The molecule has 1 aromatic heterocycles. The van der Waals surface area contributed by atoms with Crippen molar-refractivity contribution in [1.29, 1.82) is 0 Å². The molecule has 21 heavy (non-hydrogen) atoms. The zero-order valence-electron chi connectivity index (χ0n) is 14.0. The second-order valence-corrected chi connectivity index (χ2v) is 7.22. The van der Waals surface area contributed by atoms with Crippen LogP contribution in [-0.4, -0.2) is 30.3 Å². The van der Waals surface area contributed by atoms with E-state index in [1.54, 1.807) is 7.11 Å². The van der Waals surface area contributed by atoms with Crippen LogP contribution in [-0.2, 0) is 10.2 Å². The number of rotatable bonds is 5. The monoisotopic (exact) mass is 295 g/mol. The van der Waals surface area contributed by atoms with Gasteiger partial charge < -0.3 is 14.6 Å². The Bertz CT molecular complexity index is 439. The van der Waals surface area contributed by atoms with Gasteiger partial charge in [0.15, 0.2) is 0 Å². The highest BCUT2D eigenvalue weighted by atomic mass is 16.5. The fourth-order valence-corrected chi connectivity index (χ4v) is 3.36. The molecule has 0 bridgehead atoms. The molecule has 0 aromatic carbocycles. The minimum Gasteiger partial charge on any atom is -0.373 e. The molecule has 5 nitrogen and oxygen atoms in total. The van der Waals surface area contributed by atoms with E-state index >= 15 is 0 Å². The van der Waals surface area contributed by atoms with Gasteiger partial charge in [0.1, 0.15) is 6.10 Å². The van der Waals surface area contributed by atoms with Crippen molar-refractivity contribution < 1.29 is 9.26 Å². The van der Waals surface area contributed by atoms with Gasteiger partial charge in [0, 0.05) is 7.11 Å². The molecule has 1 N–H and O–H groups in total. The Labute approximate surface area is 127 Å². The van der Waals surface area contributed by atoms with Crippen molar-refractivity contribution >= 4 is 0 Å². The lowest BCUT2D eigenvalue weighted by atomic mass is 9.75. The molecule has 1 aliphatic rings. The first-order chi connectivity index (χ1) is 9.93. The van der Waals surface area contributed by atoms with Crippen LogP contribution in [0.4, 0.5) is 0 Å². The van der Waals surface area contributed by atoms with Crippen LogP contribution < -0.4 is 5.32 Å². The van der Waals surface area contributed by atoms with Gasteiger partial charge in [0.05, 0.1) is 5.41 Å². The smallest absolute Gasteiger partial charge is 0.233 e. The van der Waals surface area contributed by atoms with Crippen molar-refractivity contribution in [2.75, 3.05) is 20.2 Å². The van der Waals surface area contributed by atoms with Crippen molar-refractivity contribution in [1.82, 2.24) is 15.5 Å². The van der Waals surface area contributed by atoms with E-state index in [4.69, 9.17) is 14.2 Å². The van der Waals surface area contributed by atoms with Gasteiger partial charge in [0.2, 0.25) is 11.7 Å². The summed E-state index contributed by atoms with van der Waals surface area (Å²) in [5.74, 6) is 1.47. The molecule has 2 heterocycles. The van der Waals surface area contributed by atoms with E-state index in [-0.39, 0.29) is 16.9 Å². The quantitative estimate of drug-likeness (QED) is 0.903. The van der Waals surface area contributed by atoms with Crippen molar-refractivity contribution in [3.8, 4) is 0 Å². The molecule has 0 saturated carbocycles. The number of nitrogens with zero attached hydrogens (tertiary/aromatic N) is 2. The maximum Gasteiger partial charge on any atom is 0.233 e. The third kappa shape index (κ3) is 3.46. The average molecular weight is 295 g/mol. The molecular weight excluding hydrogens is 266 g/mol. The summed E-state index contributed by atoms with van der Waals surface area (Å²) in [5, 5.41) is 7.64. The Kier molecular flexibility index (Phi) is 5.04. The number of aromatic nitrogens is 2. The summed E-state index contributed by atoms with van der Waals surface area (Å²) >= 11 is 0. The van der Waals surface area contributed by atoms with E-state index in [1.165, 1.54) is 0 Å². The van der Waals surface area contributed by atoms with E-state index in [1.807, 2.05) is 0 Å². The summed E-state index contributed by atoms with van der Waals surface area (Å²) in [6.07, 6.45) is 4.22. The molecule has 1 aliphatic heterocycles. The highest BCUT2D eigenvalue weighted by Gasteiger charge is 2.40. The van der Waals surface area contributed by atoms with Crippen molar-refractivity contribution in [3.63, 3.8) is 0 Å². The summed E-state index contributed by atoms with van der Waals surface area (Å²) in [4.78, 5) is 4.73. The van der Waals surface area contributed by atoms with E-state index in [2.05, 4.69) is 38.2 Å². The van der Waals surface area contributed by atoms with Crippen molar-refractivity contribution in [2.24, 2.45) is 5.41 Å². The maximum absolute atomic E-state index is 5.67. The number of piperidine rings is 1. The lowest BCUT2D eigenvalue weighted by Gasteiger charge is -2.34. The van der Waals surface area contributed by atoms with Crippen LogP contribution in [0.25, 0.3) is 0 Å². The predicted octanol–water partition coefficient (Wildman–Crippen LogP) is 3.22. The van der Waals surface area contributed by atoms with Crippen LogP contribution in [0.3, 0.4) is 0 Å². The Morgan fingerprint density at radius 1 is 1.33 bits per heavy atom. The van der Waals surface area contributed by atoms with Crippen LogP contribution in [0.1, 0.15) is 71.2 Å². The van der Waals surface area contributed by atoms with Gasteiger partial charge >= 0.3 is 0 Å². The topological polar surface area (TPSA) is 60.2 Å². The Morgan fingerprint density at radius 2 is 2.00 bits per heavy atom. The molecule has 1 aromatic rings. The molecule has 1 atom stereocenters. The third-order valence-electron chi connectivity index (χ3n) is 4.44. The molecule has 0 aliphatic carbocycles. The molecule has 2 rings (SSSR count). The standard InChI is InChI=1S/C16H29N3O2/c1-6-7-16(8-10-17-11-9-16)14-18-13(19-21-14)12(20-5)15(2,3)4/h12,17H,6-11H2,1-5H3. The Hall–Kier alpha value is -0.940. The van der Waals surface area contributed by atoms with Crippen LogP contribution in [0.2, 0.25) is 0 Å². The third-order valence-corrected chi connectivity index (χ3v) is 4.44. The van der Waals surface area contributed by atoms with Gasteiger partial charge in [-0.05, 0) is 37.8 Å². The van der Waals surface area contributed by atoms with E-state index in [0.717, 1.165) is 44.7 Å². The molecule has 1 fully saturated rings. The predicted molar refractivity (Wildman–Crippen MR) is 82.2 cm³/mol. The van der Waals surface area contributed by atoms with Crippen molar-refractivity contribution in [2.45, 2.75) is 64.9 Å². The zero-order valence-corrected chi connectivity index (χ0v) is 14.0. The zero-order chi connectivity index (χ0) is 15.5. The average Bonchev–Trinajstić information content (AvgIpc) is 2.89. The number of methoxy groups -OCH3 is 1. The number of hydrogen-bond acceptors (Lipinski definition) is 5. The van der Waals surface area contributed by atoms with Gasteiger partial charge in [-0.1, -0.05) is 39.3 Å². The molecule has 1 unspecified atom stereocenters. The van der Waals surface area contributed by atoms with Crippen molar-refractivity contribution in [3.05, 3.63) is 11.7 Å². The van der Waals surface area contributed by atoms with Gasteiger partial charge in [-0.15, -0.1) is 0 Å². The van der Waals surface area contributed by atoms with Crippen LogP contribution in [0.5, 0.6) is 0 Å². The number of nitrogens with one attached hydrogen (secondary N) is 1. The molecular formula is C16H29N3O2. The lowest BCUT2D eigenvalue weighted by molar-refractivity contribution is 0.00718. The number of hydrogen-bond donors (Lipinski definition) is 1. The highest BCUT2D eigenvalue weighted by molar-refractivity contribution is 5.09. The van der Waals surface area contributed by atoms with Crippen LogP contribution in [0, 0.1) is 5.41 Å². The minimum absolute atomic E-state index is 0.0431. The first kappa shape index (κ1) is 16.4. The van der Waals surface area contributed by atoms with Gasteiger partial charge in [-0.2, -0.15) is 4.98 Å². The van der Waals surface area contributed by atoms with E-state index in [9.17, 15) is 0 Å². The molecule has 5 heteroatoms. The minimum atomic E-state index is -0.143. The van der Waals surface area contributed by atoms with E-state index < -0.39 is 0 Å². The largest absolute Gasteiger partial charge is 0.373 e. The lowest BCUT2D eigenvalue weighted by Crippen LogP contribution is -2.40. The second-order valence-electron chi connectivity index (χ2n) is 7.22. The maximum atomic E-state index is 5.67. The molecule has 0 radical (unpaired) electrons. The Balaban J connectivity index is 2.28. The first-order valence-corrected chi connectivity index (χ1v) is 8.00. The SMILES string of the molecule is CCCC1(c2nc(C(OC)C(C)(C)C)no2)CCNCC1. The molecule has 1 saturated heterocycles. The fourth-order valence-electron chi connectivity index (χ4n) is 3.36. The number of ether oxygens (including phenoxy) is 1. The first-order valence-electron chi connectivity index (χ1n) is 8.00. The van der Waals surface area contributed by atoms with Gasteiger partial charge in [-0.25, -0.2) is 0 Å². The molecule has 0 spiro atoms. The summed E-state index contributed by atoms with van der Waals surface area (Å²) < 4.78 is 11.3. The summed E-state index contributed by atoms with van der Waals surface area (Å²) in [5.41, 5.74) is -0.0106. The normalized spacial score (nSPS) is 20.4. The summed E-state index contributed by atoms with van der Waals surface area (Å²) in [6, 6.07) is 0. The van der Waals surface area contributed by atoms with Gasteiger partial charge in [0.25, 0.3) is 0 Å². The molecule has 120 valence electrons. The fraction of sp³-hybridized carbons (Fsp3) is 0.875. The van der Waals surface area contributed by atoms with Gasteiger partial charge in [-0.3, -0.25) is 0 Å². The highest BCUT2D eigenvalue weighted by Crippen LogP contribution is 2.39. The second kappa shape index (κ2) is 6.44. The van der Waals surface area contributed by atoms with E-state index in [0.29, 0.717) is 5.82 Å². The van der Waals surface area contributed by atoms with Crippen LogP contribution in [0.15, 0.2) is 4.52 Å². The Morgan fingerprint density at radius 3 is 2.52 bits per heavy atom. The molecule has 0 amide bonds. The summed E-state index contributed by atoms with van der Waals surface area (Å²) in [7, 11) is 1.71.